The summed E-state index contributed by atoms with van der Waals surface area (Å²) in [5, 5.41) is 30.1. The van der Waals surface area contributed by atoms with Crippen molar-refractivity contribution in [3.8, 4) is 0 Å². The minimum Gasteiger partial charge on any atom is -0.213 e. The second kappa shape index (κ2) is 30.9. The Hall–Kier alpha value is -16.9. The van der Waals surface area contributed by atoms with Crippen LogP contribution in [0.5, 0.6) is 0 Å². The van der Waals surface area contributed by atoms with Crippen molar-refractivity contribution in [3.63, 3.8) is 0 Å². The summed E-state index contributed by atoms with van der Waals surface area (Å²) in [6, 6.07) is 114. The first-order valence-corrected chi connectivity index (χ1v) is 48.5. The van der Waals surface area contributed by atoms with Crippen molar-refractivity contribution in [3.05, 3.63) is 390 Å². The van der Waals surface area contributed by atoms with Gasteiger partial charge in [0, 0.05) is 30.8 Å². The van der Waals surface area contributed by atoms with E-state index in [0.717, 1.165) is 111 Å². The molecule has 630 valence electrons. The zero-order valence-corrected chi connectivity index (χ0v) is 75.1. The van der Waals surface area contributed by atoms with Gasteiger partial charge in [0.1, 0.15) is 0 Å². The number of hydrogen-bond donors (Lipinski definition) is 0. The Bertz CT molecular complexity index is 8570. The fourth-order valence-corrected chi connectivity index (χ4v) is 23.5. The van der Waals surface area contributed by atoms with E-state index in [4.69, 9.17) is 59.9 Å². The maximum atomic E-state index is 5.33. The normalized spacial score (nSPS) is 15.9. The zero-order chi connectivity index (χ0) is 88.5. The fourth-order valence-electron chi connectivity index (χ4n) is 18.6. The Morgan fingerprint density at radius 3 is 0.630 bits per heavy atom. The zero-order valence-electron chi connectivity index (χ0n) is 70.2. The number of thiophene rings is 6. The number of aliphatic imine (C=N–C) groups is 18. The minimum absolute atomic E-state index is 0.409. The van der Waals surface area contributed by atoms with Gasteiger partial charge in [0.05, 0.1) is 29.3 Å². The van der Waals surface area contributed by atoms with Crippen LogP contribution in [0.1, 0.15) is 46.0 Å². The molecule has 0 radical (unpaired) electrons. The van der Waals surface area contributed by atoms with Gasteiger partial charge in [-0.1, -0.05) is 255 Å². The van der Waals surface area contributed by atoms with E-state index < -0.39 is 0 Å². The third-order valence-electron chi connectivity index (χ3n) is 24.6. The summed E-state index contributed by atoms with van der Waals surface area (Å²) in [7, 11) is 0. The van der Waals surface area contributed by atoms with Gasteiger partial charge in [0.2, 0.25) is 53.6 Å². The second-order valence-corrected chi connectivity index (χ2v) is 38.7. The number of hydrogen-bond acceptors (Lipinski definition) is 27. The molecule has 0 saturated carbocycles. The van der Waals surface area contributed by atoms with Crippen molar-refractivity contribution >= 4 is 301 Å². The van der Waals surface area contributed by atoms with Crippen LogP contribution in [0.15, 0.2) is 434 Å². The molecule has 0 amide bonds. The highest BCUT2D eigenvalue weighted by Gasteiger charge is 2.41. The van der Waals surface area contributed by atoms with Gasteiger partial charge < -0.3 is 0 Å². The van der Waals surface area contributed by atoms with E-state index in [-0.39, 0.29) is 0 Å². The number of rotatable bonds is 9. The lowest BCUT2D eigenvalue weighted by molar-refractivity contribution is 0.828. The summed E-state index contributed by atoms with van der Waals surface area (Å²) in [5.74, 6) is 9.22. The molecule has 21 nitrogen and oxygen atoms in total. The molecule has 0 atom stereocenters. The molecule has 0 spiro atoms. The Balaban J connectivity index is 0.000000112. The van der Waals surface area contributed by atoms with E-state index in [2.05, 4.69) is 285 Å². The van der Waals surface area contributed by atoms with Crippen molar-refractivity contribution < 1.29 is 0 Å². The average Bonchev–Trinajstić information content (AvgIpc) is 1.41. The van der Waals surface area contributed by atoms with Crippen LogP contribution < -0.4 is 0 Å². The SMILES string of the molecule is c1ccc2c(c1)ccc1cc(C3=NC4=NC(c5cc6ccc7ccccc7c6c6ccccc56)=NC5=NC(c6cc7ccc8ccccc8c7c7ccccc67)=NC(=N3)N45)c3ccccc3c12.c1ccc2sc(C3=NC4=NC(c5cc6ccccc6s5)=NC5=NC(c6cc7ccccc7s6)=NC(=N3)N45)cc2c1.c1csc(C2=NC3=NC(c4cccs4)=NC4=NC(c5cccs5)=NC(=N2)N34)c1. The molecule has 21 aromatic rings. The largest absolute Gasteiger partial charge is 0.243 e. The van der Waals surface area contributed by atoms with Gasteiger partial charge in [-0.15, -0.1) is 68.0 Å². The highest BCUT2D eigenvalue weighted by molar-refractivity contribution is 7.22. The molecule has 0 aliphatic carbocycles. The lowest BCUT2D eigenvalue weighted by Crippen LogP contribution is -2.48. The molecule has 6 aromatic heterocycles. The van der Waals surface area contributed by atoms with Gasteiger partial charge in [-0.2, -0.15) is 89.9 Å². The number of fused-ring (bicyclic) bond motifs is 18. The first-order valence-electron chi connectivity index (χ1n) is 43.4. The highest BCUT2D eigenvalue weighted by Crippen LogP contribution is 2.43. The summed E-state index contributed by atoms with van der Waals surface area (Å²) in [5.41, 5.74) is 2.68. The lowest BCUT2D eigenvalue weighted by Gasteiger charge is -2.31. The monoisotopic (exact) mass is 1840 g/mol. The molecule has 27 heteroatoms. The summed E-state index contributed by atoms with van der Waals surface area (Å²) < 4.78 is 3.55. The first-order chi connectivity index (χ1) is 66.8. The van der Waals surface area contributed by atoms with Crippen LogP contribution in [-0.2, 0) is 0 Å². The third kappa shape index (κ3) is 12.9. The average molecular weight is 1840 g/mol. The van der Waals surface area contributed by atoms with E-state index in [1.54, 1.807) is 82.7 Å². The van der Waals surface area contributed by atoms with Crippen molar-refractivity contribution in [2.45, 2.75) is 0 Å². The van der Waals surface area contributed by atoms with E-state index >= 15 is 0 Å². The Morgan fingerprint density at radius 1 is 0.156 bits per heavy atom. The van der Waals surface area contributed by atoms with Crippen LogP contribution >= 0.6 is 68.0 Å². The Kier molecular flexibility index (Phi) is 17.6. The maximum absolute atomic E-state index is 5.33. The van der Waals surface area contributed by atoms with E-state index in [1.807, 2.05) is 88.9 Å². The smallest absolute Gasteiger partial charge is 0.213 e. The van der Waals surface area contributed by atoms with Gasteiger partial charge in [-0.3, -0.25) is 0 Å². The predicted octanol–water partition coefficient (Wildman–Crippen LogP) is 25.4. The standard InChI is InChI=1S/C60H33N7.C30H15N7S3.C18H9N7S3/c1-4-16-40-34(13-1)25-28-37-31-49(43-19-7-10-22-46(43)52(37)40)55-61-58-63-56(50-32-38-29-26-35-14-2-5-17-41(35)53(38)47-23-11-8-20-44(47)50)65-60-66-57(64-59(62-55)67(58)60)51-33-39-30-27-36-15-3-6-18-42(36)54(39)48-24-12-9-21-45(48)51;1-4-10-19-16(7-1)13-22(38-19)25-31-28-33-26(23-14-17-8-2-5-11-20(17)39-23)35-30-36-27(34-29(32-25)37(28)30)24-15-18-9-3-6-12-21(18)40-24;1-4-10(26-7-1)13-19-16-21-14(11-5-2-8-27-11)23-18-24-15(12-6-3-9-28-12)22-17(20-13)25(16)18/h1-33H;1-15H;1-9H. The van der Waals surface area contributed by atoms with Gasteiger partial charge >= 0.3 is 0 Å². The van der Waals surface area contributed by atoms with Crippen LogP contribution in [0.4, 0.5) is 0 Å². The molecule has 9 aliphatic rings. The molecule has 0 fully saturated rings. The van der Waals surface area contributed by atoms with Gasteiger partial charge in [0.25, 0.3) is 0 Å². The number of amidine groups is 9. The van der Waals surface area contributed by atoms with Crippen LogP contribution in [0.2, 0.25) is 0 Å². The van der Waals surface area contributed by atoms with Crippen LogP contribution in [0.25, 0.3) is 127 Å². The lowest BCUT2D eigenvalue weighted by atomic mass is 9.93. The molecule has 0 bridgehead atoms. The second-order valence-electron chi connectivity index (χ2n) is 32.6. The molecule has 135 heavy (non-hydrogen) atoms. The Labute approximate surface area is 789 Å². The van der Waals surface area contributed by atoms with Crippen molar-refractivity contribution in [1.29, 1.82) is 0 Å². The molecule has 15 heterocycles. The third-order valence-corrected chi connectivity index (χ3v) is 30.6. The first kappa shape index (κ1) is 76.9. The molecular formula is C108H57N21S6. The molecule has 0 unspecified atom stereocenters. The van der Waals surface area contributed by atoms with Gasteiger partial charge in [0.15, 0.2) is 52.5 Å². The van der Waals surface area contributed by atoms with Gasteiger partial charge in [-0.05, 0) is 202 Å². The van der Waals surface area contributed by atoms with E-state index in [9.17, 15) is 0 Å². The minimum atomic E-state index is 0.409. The molecule has 30 rings (SSSR count). The summed E-state index contributed by atoms with van der Waals surface area (Å²) >= 11 is 9.72. The predicted molar refractivity (Wildman–Crippen MR) is 567 cm³/mol. The number of nitrogens with zero attached hydrogens (tertiary/aromatic N) is 21. The summed E-state index contributed by atoms with van der Waals surface area (Å²) in [4.78, 5) is 100. The molecule has 0 N–H and O–H groups in total. The number of guanidine groups is 9. The maximum Gasteiger partial charge on any atom is 0.243 e. The van der Waals surface area contributed by atoms with E-state index in [1.165, 1.54) is 62.6 Å². The summed E-state index contributed by atoms with van der Waals surface area (Å²) in [6.45, 7) is 0. The van der Waals surface area contributed by atoms with Crippen LogP contribution in [0.3, 0.4) is 0 Å². The topological polar surface area (TPSA) is 232 Å². The Morgan fingerprint density at radius 2 is 0.370 bits per heavy atom. The summed E-state index contributed by atoms with van der Waals surface area (Å²) in [6.07, 6.45) is 0. The van der Waals surface area contributed by atoms with Crippen molar-refractivity contribution in [2.24, 2.45) is 89.9 Å². The van der Waals surface area contributed by atoms with Crippen molar-refractivity contribution in [1.82, 2.24) is 14.7 Å². The molecule has 15 aromatic carbocycles. The quantitative estimate of drug-likeness (QED) is 0.128. The molecule has 9 aliphatic heterocycles. The molecule has 0 saturated heterocycles. The molecular weight excluding hydrogens is 1780 g/mol. The van der Waals surface area contributed by atoms with Crippen molar-refractivity contribution in [2.75, 3.05) is 0 Å². The number of benzene rings is 15. The van der Waals surface area contributed by atoms with Crippen LogP contribution in [0, 0.1) is 0 Å². The fraction of sp³-hybridized carbons (Fsp3) is 0. The van der Waals surface area contributed by atoms with Crippen LogP contribution in [-0.4, -0.2) is 121 Å². The van der Waals surface area contributed by atoms with E-state index in [0.29, 0.717) is 106 Å². The van der Waals surface area contributed by atoms with Gasteiger partial charge in [-0.25, -0.2) is 14.7 Å². The highest BCUT2D eigenvalue weighted by atomic mass is 32.1.